The van der Waals surface area contributed by atoms with Crippen LogP contribution in [0.4, 0.5) is 5.82 Å². The molecule has 0 bridgehead atoms. The van der Waals surface area contributed by atoms with Crippen molar-refractivity contribution in [1.82, 2.24) is 10.3 Å². The average molecular weight is 299 g/mol. The van der Waals surface area contributed by atoms with Crippen LogP contribution in [0, 0.1) is 0 Å². The van der Waals surface area contributed by atoms with Crippen LogP contribution in [-0.2, 0) is 6.54 Å². The second-order valence-corrected chi connectivity index (χ2v) is 6.63. The van der Waals surface area contributed by atoms with Gasteiger partial charge >= 0.3 is 0 Å². The normalized spacial score (nSPS) is 12.5. The van der Waals surface area contributed by atoms with E-state index in [1.165, 1.54) is 0 Å². The molecule has 1 heterocycles. The van der Waals surface area contributed by atoms with Crippen molar-refractivity contribution in [1.29, 1.82) is 0 Å². The number of aliphatic imine (C=N–C) groups is 1. The van der Waals surface area contributed by atoms with Crippen LogP contribution in [0.3, 0.4) is 0 Å². The van der Waals surface area contributed by atoms with Crippen molar-refractivity contribution in [3.63, 3.8) is 0 Å². The zero-order chi connectivity index (χ0) is 16.3. The zero-order valence-corrected chi connectivity index (χ0v) is 14.0. The predicted molar refractivity (Wildman–Crippen MR) is 94.3 cm³/mol. The standard InChI is InChI=1S/C17H25N5/c1-17(2,3)21-16(18)19-11-12-10-15(22(4)5)20-14-9-7-6-8-13(12)14/h6-10H,11H2,1-5H3,(H3,18,19,21). The molecule has 3 N–H and O–H groups in total. The Balaban J connectivity index is 2.35. The van der Waals surface area contributed by atoms with Gasteiger partial charge in [0.1, 0.15) is 5.82 Å². The number of para-hydroxylation sites is 1. The van der Waals surface area contributed by atoms with E-state index >= 15 is 0 Å². The van der Waals surface area contributed by atoms with Gasteiger partial charge in [0, 0.05) is 25.0 Å². The average Bonchev–Trinajstić information content (AvgIpc) is 2.42. The molecular formula is C17H25N5. The second kappa shape index (κ2) is 6.22. The van der Waals surface area contributed by atoms with Crippen LogP contribution in [0.15, 0.2) is 35.3 Å². The minimum absolute atomic E-state index is 0.0946. The van der Waals surface area contributed by atoms with Gasteiger partial charge in [0.25, 0.3) is 0 Å². The summed E-state index contributed by atoms with van der Waals surface area (Å²) in [7, 11) is 3.97. The highest BCUT2D eigenvalue weighted by atomic mass is 15.1. The SMILES string of the molecule is CN(C)c1cc(CN=C(N)NC(C)(C)C)c2ccccc2n1. The number of pyridine rings is 1. The lowest BCUT2D eigenvalue weighted by molar-refractivity contribution is 0.508. The number of nitrogens with one attached hydrogen (secondary N) is 1. The van der Waals surface area contributed by atoms with Gasteiger partial charge in [0.2, 0.25) is 0 Å². The van der Waals surface area contributed by atoms with Crippen LogP contribution in [0.2, 0.25) is 0 Å². The summed E-state index contributed by atoms with van der Waals surface area (Å²) in [6, 6.07) is 10.2. The Bertz CT molecular complexity index is 683. The molecule has 2 rings (SSSR count). The van der Waals surface area contributed by atoms with Gasteiger partial charge in [-0.2, -0.15) is 0 Å². The third-order valence-corrected chi connectivity index (χ3v) is 3.17. The molecule has 0 aliphatic rings. The summed E-state index contributed by atoms with van der Waals surface area (Å²) in [6.45, 7) is 6.70. The van der Waals surface area contributed by atoms with Crippen LogP contribution in [-0.4, -0.2) is 30.6 Å². The van der Waals surface area contributed by atoms with Crippen molar-refractivity contribution in [3.8, 4) is 0 Å². The maximum atomic E-state index is 5.96. The Morgan fingerprint density at radius 1 is 1.27 bits per heavy atom. The molecule has 22 heavy (non-hydrogen) atoms. The van der Waals surface area contributed by atoms with E-state index in [0.717, 1.165) is 22.3 Å². The number of rotatable bonds is 3. The van der Waals surface area contributed by atoms with Crippen LogP contribution in [0.1, 0.15) is 26.3 Å². The molecule has 0 radical (unpaired) electrons. The first-order chi connectivity index (χ1) is 10.3. The molecule has 5 nitrogen and oxygen atoms in total. The molecule has 1 aromatic carbocycles. The Kier molecular flexibility index (Phi) is 4.54. The van der Waals surface area contributed by atoms with Gasteiger partial charge < -0.3 is 16.0 Å². The number of hydrogen-bond acceptors (Lipinski definition) is 3. The van der Waals surface area contributed by atoms with Crippen molar-refractivity contribution >= 4 is 22.7 Å². The Labute approximate surface area is 132 Å². The lowest BCUT2D eigenvalue weighted by Gasteiger charge is -2.21. The van der Waals surface area contributed by atoms with Crippen molar-refractivity contribution in [3.05, 3.63) is 35.9 Å². The topological polar surface area (TPSA) is 66.5 Å². The van der Waals surface area contributed by atoms with E-state index in [4.69, 9.17) is 5.73 Å². The Hall–Kier alpha value is -2.30. The highest BCUT2D eigenvalue weighted by molar-refractivity contribution is 5.84. The molecule has 0 unspecified atom stereocenters. The molecule has 0 saturated heterocycles. The fourth-order valence-electron chi connectivity index (χ4n) is 2.19. The van der Waals surface area contributed by atoms with Gasteiger partial charge in [-0.15, -0.1) is 0 Å². The highest BCUT2D eigenvalue weighted by Gasteiger charge is 2.10. The predicted octanol–water partition coefficient (Wildman–Crippen LogP) is 2.50. The highest BCUT2D eigenvalue weighted by Crippen LogP contribution is 2.22. The van der Waals surface area contributed by atoms with Crippen molar-refractivity contribution in [2.45, 2.75) is 32.9 Å². The lowest BCUT2D eigenvalue weighted by Crippen LogP contribution is -2.44. The van der Waals surface area contributed by atoms with Crippen LogP contribution >= 0.6 is 0 Å². The van der Waals surface area contributed by atoms with E-state index < -0.39 is 0 Å². The summed E-state index contributed by atoms with van der Waals surface area (Å²) in [5, 5.41) is 4.29. The third kappa shape index (κ3) is 4.10. The van der Waals surface area contributed by atoms with E-state index in [-0.39, 0.29) is 5.54 Å². The molecule has 2 aromatic rings. The summed E-state index contributed by atoms with van der Waals surface area (Å²) in [5.74, 6) is 1.38. The molecule has 0 fully saturated rings. The molecule has 0 spiro atoms. The summed E-state index contributed by atoms with van der Waals surface area (Å²) >= 11 is 0. The van der Waals surface area contributed by atoms with Crippen LogP contribution < -0.4 is 16.0 Å². The molecule has 118 valence electrons. The van der Waals surface area contributed by atoms with Gasteiger partial charge in [-0.05, 0) is 38.5 Å². The summed E-state index contributed by atoms with van der Waals surface area (Å²) in [5.41, 5.74) is 7.96. The van der Waals surface area contributed by atoms with E-state index in [0.29, 0.717) is 12.5 Å². The fraction of sp³-hybridized carbons (Fsp3) is 0.412. The third-order valence-electron chi connectivity index (χ3n) is 3.17. The lowest BCUT2D eigenvalue weighted by atomic mass is 10.1. The van der Waals surface area contributed by atoms with Gasteiger partial charge in [0.05, 0.1) is 12.1 Å². The Morgan fingerprint density at radius 2 is 1.95 bits per heavy atom. The molecule has 0 aliphatic heterocycles. The van der Waals surface area contributed by atoms with Crippen LogP contribution in [0.5, 0.6) is 0 Å². The zero-order valence-electron chi connectivity index (χ0n) is 14.0. The number of anilines is 1. The van der Waals surface area contributed by atoms with E-state index in [1.54, 1.807) is 0 Å². The molecule has 5 heteroatoms. The van der Waals surface area contributed by atoms with Crippen molar-refractivity contribution in [2.24, 2.45) is 10.7 Å². The first kappa shape index (κ1) is 16.1. The number of aromatic nitrogens is 1. The number of fused-ring (bicyclic) bond motifs is 1. The van der Waals surface area contributed by atoms with Gasteiger partial charge in [-0.1, -0.05) is 18.2 Å². The molecule has 0 saturated carbocycles. The van der Waals surface area contributed by atoms with Crippen molar-refractivity contribution < 1.29 is 0 Å². The summed E-state index contributed by atoms with van der Waals surface area (Å²) in [4.78, 5) is 11.1. The summed E-state index contributed by atoms with van der Waals surface area (Å²) in [6.07, 6.45) is 0. The van der Waals surface area contributed by atoms with E-state index in [9.17, 15) is 0 Å². The van der Waals surface area contributed by atoms with E-state index in [2.05, 4.69) is 48.2 Å². The number of nitrogens with zero attached hydrogens (tertiary/aromatic N) is 3. The first-order valence-corrected chi connectivity index (χ1v) is 7.40. The number of hydrogen-bond donors (Lipinski definition) is 2. The maximum absolute atomic E-state index is 5.96. The van der Waals surface area contributed by atoms with Crippen molar-refractivity contribution in [2.75, 3.05) is 19.0 Å². The molecular weight excluding hydrogens is 274 g/mol. The maximum Gasteiger partial charge on any atom is 0.189 e. The van der Waals surface area contributed by atoms with Gasteiger partial charge in [-0.25, -0.2) is 9.98 Å². The molecule has 0 amide bonds. The smallest absolute Gasteiger partial charge is 0.189 e. The number of guanidine groups is 1. The number of nitrogens with two attached hydrogens (primary N) is 1. The summed E-state index contributed by atoms with van der Waals surface area (Å²) < 4.78 is 0. The quantitative estimate of drug-likeness (QED) is 0.675. The fourth-order valence-corrected chi connectivity index (χ4v) is 2.19. The Morgan fingerprint density at radius 3 is 2.59 bits per heavy atom. The second-order valence-electron chi connectivity index (χ2n) is 6.63. The molecule has 1 aromatic heterocycles. The number of benzene rings is 1. The molecule has 0 atom stereocenters. The monoisotopic (exact) mass is 299 g/mol. The molecule has 0 aliphatic carbocycles. The largest absolute Gasteiger partial charge is 0.370 e. The van der Waals surface area contributed by atoms with E-state index in [1.807, 2.05) is 37.2 Å². The van der Waals surface area contributed by atoms with Gasteiger partial charge in [0.15, 0.2) is 5.96 Å². The minimum Gasteiger partial charge on any atom is -0.370 e. The van der Waals surface area contributed by atoms with Gasteiger partial charge in [-0.3, -0.25) is 0 Å². The first-order valence-electron chi connectivity index (χ1n) is 7.40. The van der Waals surface area contributed by atoms with Crippen LogP contribution in [0.25, 0.3) is 10.9 Å². The minimum atomic E-state index is -0.0946.